The Hall–Kier alpha value is -2.16. The van der Waals surface area contributed by atoms with Gasteiger partial charge in [-0.3, -0.25) is 19.2 Å². The zero-order valence-corrected chi connectivity index (χ0v) is 12.2. The number of carbonyl (C=O) groups excluding carboxylic acids is 3. The van der Waals surface area contributed by atoms with Crippen LogP contribution in [-0.4, -0.2) is 54.1 Å². The van der Waals surface area contributed by atoms with Crippen molar-refractivity contribution in [1.82, 2.24) is 10.6 Å². The number of amides is 2. The first-order valence-corrected chi connectivity index (χ1v) is 6.35. The average Bonchev–Trinajstić information content (AvgIpc) is 2.43. The molecule has 9 heteroatoms. The van der Waals surface area contributed by atoms with E-state index in [0.717, 1.165) is 0 Å². The minimum atomic E-state index is -1.18. The van der Waals surface area contributed by atoms with Crippen molar-refractivity contribution in [3.8, 4) is 0 Å². The highest BCUT2D eigenvalue weighted by atomic mass is 16.5. The van der Waals surface area contributed by atoms with E-state index in [4.69, 9.17) is 10.8 Å². The zero-order valence-electron chi connectivity index (χ0n) is 12.2. The zero-order chi connectivity index (χ0) is 16.6. The summed E-state index contributed by atoms with van der Waals surface area (Å²) < 4.78 is 4.42. The quantitative estimate of drug-likeness (QED) is 0.393. The number of nitrogens with one attached hydrogen (secondary N) is 2. The number of carbonyl (C=O) groups is 4. The summed E-state index contributed by atoms with van der Waals surface area (Å²) in [6.45, 7) is 2.70. The van der Waals surface area contributed by atoms with Crippen LogP contribution in [0.1, 0.15) is 26.7 Å². The Morgan fingerprint density at radius 3 is 2.10 bits per heavy atom. The Labute approximate surface area is 122 Å². The highest BCUT2D eigenvalue weighted by molar-refractivity contribution is 5.91. The van der Waals surface area contributed by atoms with Crippen molar-refractivity contribution in [1.29, 1.82) is 0 Å². The van der Waals surface area contributed by atoms with Crippen LogP contribution in [0.2, 0.25) is 0 Å². The van der Waals surface area contributed by atoms with Crippen LogP contribution >= 0.6 is 0 Å². The second-order valence-corrected chi connectivity index (χ2v) is 4.52. The topological polar surface area (TPSA) is 148 Å². The first kappa shape index (κ1) is 18.8. The summed E-state index contributed by atoms with van der Waals surface area (Å²) in [4.78, 5) is 44.8. The van der Waals surface area contributed by atoms with Crippen molar-refractivity contribution >= 4 is 23.8 Å². The van der Waals surface area contributed by atoms with E-state index in [9.17, 15) is 19.2 Å². The van der Waals surface area contributed by atoms with Crippen molar-refractivity contribution in [2.75, 3.05) is 7.11 Å². The lowest BCUT2D eigenvalue weighted by Gasteiger charge is -2.18. The van der Waals surface area contributed by atoms with Crippen LogP contribution in [0.3, 0.4) is 0 Å². The van der Waals surface area contributed by atoms with Gasteiger partial charge in [0.1, 0.15) is 12.1 Å². The normalized spacial score (nSPS) is 14.5. The number of methoxy groups -OCH3 is 1. The molecule has 0 saturated heterocycles. The van der Waals surface area contributed by atoms with Gasteiger partial charge in [0.05, 0.1) is 13.2 Å². The summed E-state index contributed by atoms with van der Waals surface area (Å²) in [5.41, 5.74) is 5.57. The molecule has 120 valence electrons. The van der Waals surface area contributed by atoms with E-state index >= 15 is 0 Å². The fraction of sp³-hybridized carbons (Fsp3) is 0.667. The maximum atomic E-state index is 11.7. The van der Waals surface area contributed by atoms with E-state index in [-0.39, 0.29) is 12.8 Å². The summed E-state index contributed by atoms with van der Waals surface area (Å²) >= 11 is 0. The van der Waals surface area contributed by atoms with Gasteiger partial charge in [-0.25, -0.2) is 0 Å². The number of ether oxygens (including phenoxy) is 1. The third-order valence-corrected chi connectivity index (χ3v) is 2.71. The number of hydrogen-bond acceptors (Lipinski definition) is 6. The maximum Gasteiger partial charge on any atom is 0.325 e. The van der Waals surface area contributed by atoms with Gasteiger partial charge in [-0.1, -0.05) is 0 Å². The van der Waals surface area contributed by atoms with E-state index in [1.54, 1.807) is 0 Å². The van der Waals surface area contributed by atoms with E-state index in [1.165, 1.54) is 21.0 Å². The number of nitrogens with two attached hydrogens (primary N) is 1. The molecule has 0 fully saturated rings. The number of hydrogen-bond donors (Lipinski definition) is 4. The summed E-state index contributed by atoms with van der Waals surface area (Å²) in [7, 11) is 1.23. The van der Waals surface area contributed by atoms with Crippen molar-refractivity contribution < 1.29 is 29.0 Å². The van der Waals surface area contributed by atoms with Gasteiger partial charge in [-0.15, -0.1) is 0 Å². The van der Waals surface area contributed by atoms with Crippen LogP contribution in [0.4, 0.5) is 0 Å². The number of carboxylic acids is 1. The molecule has 0 heterocycles. The second kappa shape index (κ2) is 8.90. The van der Waals surface area contributed by atoms with Crippen LogP contribution in [0, 0.1) is 0 Å². The summed E-state index contributed by atoms with van der Waals surface area (Å²) in [5.74, 6) is -2.92. The summed E-state index contributed by atoms with van der Waals surface area (Å²) in [6, 6.07) is -2.97. The highest BCUT2D eigenvalue weighted by Crippen LogP contribution is 1.98. The van der Waals surface area contributed by atoms with E-state index in [1.807, 2.05) is 0 Å². The molecule has 0 aromatic carbocycles. The molecule has 3 unspecified atom stereocenters. The molecule has 0 radical (unpaired) electrons. The van der Waals surface area contributed by atoms with E-state index < -0.39 is 41.9 Å². The number of carboxylic acid groups (broad SMARTS) is 1. The molecule has 5 N–H and O–H groups in total. The van der Waals surface area contributed by atoms with Gasteiger partial charge < -0.3 is 26.2 Å². The van der Waals surface area contributed by atoms with Gasteiger partial charge in [0.2, 0.25) is 11.8 Å². The molecule has 0 bridgehead atoms. The monoisotopic (exact) mass is 303 g/mol. The van der Waals surface area contributed by atoms with Crippen molar-refractivity contribution in [3.63, 3.8) is 0 Å². The molecule has 2 amide bonds. The van der Waals surface area contributed by atoms with E-state index in [2.05, 4.69) is 15.4 Å². The third kappa shape index (κ3) is 7.25. The molecule has 0 spiro atoms. The number of aliphatic carboxylic acids is 1. The molecule has 0 aromatic rings. The fourth-order valence-corrected chi connectivity index (χ4v) is 1.29. The molecule has 0 aromatic heterocycles. The van der Waals surface area contributed by atoms with Crippen molar-refractivity contribution in [2.24, 2.45) is 5.73 Å². The Kier molecular flexibility index (Phi) is 7.99. The van der Waals surface area contributed by atoms with Gasteiger partial charge in [0.15, 0.2) is 0 Å². The SMILES string of the molecule is COC(=O)CCC(N)C(=O)NC(C)C(=O)NC(C)C(=O)O. The van der Waals surface area contributed by atoms with Crippen LogP contribution in [0.25, 0.3) is 0 Å². The van der Waals surface area contributed by atoms with Gasteiger partial charge in [0, 0.05) is 6.42 Å². The Morgan fingerprint density at radius 2 is 1.62 bits per heavy atom. The maximum absolute atomic E-state index is 11.7. The van der Waals surface area contributed by atoms with Gasteiger partial charge in [-0.2, -0.15) is 0 Å². The molecule has 0 saturated carbocycles. The average molecular weight is 303 g/mol. The number of esters is 1. The minimum Gasteiger partial charge on any atom is -0.480 e. The lowest BCUT2D eigenvalue weighted by Crippen LogP contribution is -2.52. The summed E-state index contributed by atoms with van der Waals surface area (Å²) in [6.07, 6.45) is 0.0695. The first-order valence-electron chi connectivity index (χ1n) is 6.35. The minimum absolute atomic E-state index is 0.0122. The first-order chi connectivity index (χ1) is 9.68. The van der Waals surface area contributed by atoms with Gasteiger partial charge in [-0.05, 0) is 20.3 Å². The Morgan fingerprint density at radius 1 is 1.10 bits per heavy atom. The van der Waals surface area contributed by atoms with E-state index in [0.29, 0.717) is 0 Å². The third-order valence-electron chi connectivity index (χ3n) is 2.71. The van der Waals surface area contributed by atoms with Crippen LogP contribution in [0.5, 0.6) is 0 Å². The van der Waals surface area contributed by atoms with Crippen LogP contribution in [0.15, 0.2) is 0 Å². The van der Waals surface area contributed by atoms with Gasteiger partial charge >= 0.3 is 11.9 Å². The molecular formula is C12H21N3O6. The lowest BCUT2D eigenvalue weighted by atomic mass is 10.1. The van der Waals surface area contributed by atoms with Crippen LogP contribution in [-0.2, 0) is 23.9 Å². The molecule has 0 aliphatic carbocycles. The van der Waals surface area contributed by atoms with Crippen LogP contribution < -0.4 is 16.4 Å². The molecule has 0 aliphatic heterocycles. The number of rotatable bonds is 8. The predicted octanol–water partition coefficient (Wildman–Crippen LogP) is -1.64. The van der Waals surface area contributed by atoms with Gasteiger partial charge in [0.25, 0.3) is 0 Å². The molecule has 3 atom stereocenters. The standard InChI is InChI=1S/C12H21N3O6/c1-6(10(17)15-7(2)12(19)20)14-11(18)8(13)4-5-9(16)21-3/h6-8H,4-5,13H2,1-3H3,(H,14,18)(H,15,17)(H,19,20). The van der Waals surface area contributed by atoms with Crippen molar-refractivity contribution in [2.45, 2.75) is 44.8 Å². The Balaban J connectivity index is 4.27. The second-order valence-electron chi connectivity index (χ2n) is 4.52. The smallest absolute Gasteiger partial charge is 0.325 e. The fourth-order valence-electron chi connectivity index (χ4n) is 1.29. The molecular weight excluding hydrogens is 282 g/mol. The Bertz CT molecular complexity index is 412. The molecule has 21 heavy (non-hydrogen) atoms. The lowest BCUT2D eigenvalue weighted by molar-refractivity contribution is -0.141. The highest BCUT2D eigenvalue weighted by Gasteiger charge is 2.23. The molecule has 9 nitrogen and oxygen atoms in total. The van der Waals surface area contributed by atoms with Crippen molar-refractivity contribution in [3.05, 3.63) is 0 Å². The predicted molar refractivity (Wildman–Crippen MR) is 72.1 cm³/mol. The molecule has 0 aliphatic rings. The molecule has 0 rings (SSSR count). The largest absolute Gasteiger partial charge is 0.480 e. The summed E-state index contributed by atoms with van der Waals surface area (Å²) in [5, 5.41) is 13.2.